The Bertz CT molecular complexity index is 1110. The van der Waals surface area contributed by atoms with Crippen LogP contribution in [0.25, 0.3) is 21.9 Å². The first kappa shape index (κ1) is 14.5. The minimum absolute atomic E-state index is 0.136. The molecule has 0 unspecified atom stereocenters. The molecule has 2 aromatic carbocycles. The van der Waals surface area contributed by atoms with Crippen LogP contribution in [0.5, 0.6) is 0 Å². The first-order chi connectivity index (χ1) is 11.6. The van der Waals surface area contributed by atoms with Crippen LogP contribution in [0.3, 0.4) is 0 Å². The number of rotatable bonds is 2. The van der Waals surface area contributed by atoms with Gasteiger partial charge in [0.1, 0.15) is 5.65 Å². The van der Waals surface area contributed by atoms with E-state index in [1.807, 2.05) is 55.5 Å². The summed E-state index contributed by atoms with van der Waals surface area (Å²) >= 11 is 0. The lowest BCUT2D eigenvalue weighted by Gasteiger charge is -2.12. The Labute approximate surface area is 139 Å². The molecule has 0 aliphatic heterocycles. The van der Waals surface area contributed by atoms with E-state index < -0.39 is 0 Å². The smallest absolute Gasteiger partial charge is 0.254 e. The number of nitrogen functional groups attached to an aromatic ring is 1. The number of benzene rings is 2. The largest absolute Gasteiger partial charge is 0.398 e. The molecule has 0 radical (unpaired) electrons. The van der Waals surface area contributed by atoms with Gasteiger partial charge in [-0.05, 0) is 30.7 Å². The Kier molecular flexibility index (Phi) is 3.31. The van der Waals surface area contributed by atoms with Crippen LogP contribution in [-0.4, -0.2) is 9.55 Å². The van der Waals surface area contributed by atoms with Crippen molar-refractivity contribution in [3.8, 4) is 0 Å². The van der Waals surface area contributed by atoms with E-state index in [1.54, 1.807) is 4.57 Å². The average Bonchev–Trinajstić information content (AvgIpc) is 2.58. The van der Waals surface area contributed by atoms with E-state index in [2.05, 4.69) is 6.07 Å². The van der Waals surface area contributed by atoms with Gasteiger partial charge in [0.15, 0.2) is 0 Å². The lowest BCUT2D eigenvalue weighted by molar-refractivity contribution is 0.786. The summed E-state index contributed by atoms with van der Waals surface area (Å²) in [5.41, 5.74) is 10.1. The fourth-order valence-electron chi connectivity index (χ4n) is 3.02. The molecule has 24 heavy (non-hydrogen) atoms. The second kappa shape index (κ2) is 5.49. The van der Waals surface area contributed by atoms with Crippen molar-refractivity contribution in [2.45, 2.75) is 13.5 Å². The van der Waals surface area contributed by atoms with Crippen molar-refractivity contribution in [1.82, 2.24) is 9.55 Å². The lowest BCUT2D eigenvalue weighted by atomic mass is 10.1. The molecule has 0 aliphatic rings. The summed E-state index contributed by atoms with van der Waals surface area (Å²) in [5, 5.41) is 1.84. The maximum atomic E-state index is 12.5. The van der Waals surface area contributed by atoms with Crippen molar-refractivity contribution in [3.05, 3.63) is 82.1 Å². The van der Waals surface area contributed by atoms with Gasteiger partial charge in [-0.1, -0.05) is 42.0 Å². The third-order valence-corrected chi connectivity index (χ3v) is 4.25. The van der Waals surface area contributed by atoms with Crippen molar-refractivity contribution in [1.29, 1.82) is 0 Å². The summed E-state index contributed by atoms with van der Waals surface area (Å²) in [4.78, 5) is 17.2. The van der Waals surface area contributed by atoms with Crippen molar-refractivity contribution < 1.29 is 0 Å². The van der Waals surface area contributed by atoms with Crippen LogP contribution in [-0.2, 0) is 6.54 Å². The lowest BCUT2D eigenvalue weighted by Crippen LogP contribution is -2.22. The number of aryl methyl sites for hydroxylation is 1. The molecule has 2 heterocycles. The van der Waals surface area contributed by atoms with Crippen LogP contribution in [0.2, 0.25) is 0 Å². The van der Waals surface area contributed by atoms with E-state index in [-0.39, 0.29) is 5.56 Å². The maximum Gasteiger partial charge on any atom is 0.254 e. The summed E-state index contributed by atoms with van der Waals surface area (Å²) in [6, 6.07) is 19.5. The Balaban J connectivity index is 2.02. The van der Waals surface area contributed by atoms with Gasteiger partial charge in [0, 0.05) is 22.5 Å². The van der Waals surface area contributed by atoms with Crippen molar-refractivity contribution in [2.24, 2.45) is 0 Å². The van der Waals surface area contributed by atoms with Gasteiger partial charge >= 0.3 is 0 Å². The topological polar surface area (TPSA) is 60.9 Å². The summed E-state index contributed by atoms with van der Waals surface area (Å²) in [7, 11) is 0. The molecule has 118 valence electrons. The average molecular weight is 315 g/mol. The highest BCUT2D eigenvalue weighted by molar-refractivity contribution is 5.97. The van der Waals surface area contributed by atoms with Crippen LogP contribution >= 0.6 is 0 Å². The van der Waals surface area contributed by atoms with Gasteiger partial charge in [-0.15, -0.1) is 0 Å². The number of hydrogen-bond acceptors (Lipinski definition) is 3. The normalized spacial score (nSPS) is 11.2. The minimum atomic E-state index is -0.136. The Morgan fingerprint density at radius 1 is 1.04 bits per heavy atom. The maximum absolute atomic E-state index is 12.5. The number of fused-ring (bicyclic) bond motifs is 2. The highest BCUT2D eigenvalue weighted by Gasteiger charge is 2.10. The SMILES string of the molecule is Cc1ccc2nc3c(cc2c1)c(N)cc(=O)n3Cc1ccccc1. The zero-order valence-corrected chi connectivity index (χ0v) is 13.4. The minimum Gasteiger partial charge on any atom is -0.398 e. The molecule has 0 bridgehead atoms. The Hall–Kier alpha value is -3.14. The molecule has 2 N–H and O–H groups in total. The van der Waals surface area contributed by atoms with Crippen LogP contribution in [0, 0.1) is 6.92 Å². The zero-order chi connectivity index (χ0) is 16.7. The first-order valence-corrected chi connectivity index (χ1v) is 7.86. The third kappa shape index (κ3) is 2.42. The number of hydrogen-bond donors (Lipinski definition) is 1. The van der Waals surface area contributed by atoms with Gasteiger partial charge in [0.05, 0.1) is 12.1 Å². The summed E-state index contributed by atoms with van der Waals surface area (Å²) < 4.78 is 1.68. The fraction of sp³-hybridized carbons (Fsp3) is 0.100. The van der Waals surface area contributed by atoms with Crippen molar-refractivity contribution in [2.75, 3.05) is 5.73 Å². The second-order valence-corrected chi connectivity index (χ2v) is 6.07. The molecule has 2 aromatic heterocycles. The van der Waals surface area contributed by atoms with Crippen LogP contribution in [0.1, 0.15) is 11.1 Å². The number of anilines is 1. The van der Waals surface area contributed by atoms with E-state index in [0.717, 1.165) is 21.9 Å². The number of nitrogens with zero attached hydrogens (tertiary/aromatic N) is 2. The van der Waals surface area contributed by atoms with Crippen LogP contribution in [0.4, 0.5) is 5.69 Å². The number of aromatic nitrogens is 2. The molecular formula is C20H17N3O. The molecule has 4 heteroatoms. The highest BCUT2D eigenvalue weighted by Crippen LogP contribution is 2.24. The monoisotopic (exact) mass is 315 g/mol. The van der Waals surface area contributed by atoms with E-state index in [9.17, 15) is 4.79 Å². The van der Waals surface area contributed by atoms with Gasteiger partial charge in [0.2, 0.25) is 0 Å². The summed E-state index contributed by atoms with van der Waals surface area (Å²) in [6.45, 7) is 2.52. The van der Waals surface area contributed by atoms with Gasteiger partial charge in [-0.25, -0.2) is 4.98 Å². The molecule has 4 rings (SSSR count). The number of nitrogens with two attached hydrogens (primary N) is 1. The zero-order valence-electron chi connectivity index (χ0n) is 13.4. The van der Waals surface area contributed by atoms with E-state index in [0.29, 0.717) is 17.9 Å². The molecule has 4 nitrogen and oxygen atoms in total. The van der Waals surface area contributed by atoms with Gasteiger partial charge in [-0.2, -0.15) is 0 Å². The Morgan fingerprint density at radius 3 is 2.62 bits per heavy atom. The van der Waals surface area contributed by atoms with Gasteiger partial charge in [-0.3, -0.25) is 9.36 Å². The second-order valence-electron chi connectivity index (χ2n) is 6.07. The molecule has 0 saturated heterocycles. The molecule has 0 atom stereocenters. The van der Waals surface area contributed by atoms with E-state index in [1.165, 1.54) is 11.6 Å². The first-order valence-electron chi connectivity index (χ1n) is 7.86. The fourth-order valence-corrected chi connectivity index (χ4v) is 3.02. The predicted molar refractivity (Wildman–Crippen MR) is 98.2 cm³/mol. The van der Waals surface area contributed by atoms with Crippen molar-refractivity contribution >= 4 is 27.6 Å². The Morgan fingerprint density at radius 2 is 1.83 bits per heavy atom. The molecule has 0 aliphatic carbocycles. The summed E-state index contributed by atoms with van der Waals surface area (Å²) in [6.07, 6.45) is 0. The molecule has 0 fully saturated rings. The number of pyridine rings is 2. The standard InChI is InChI=1S/C20H17N3O/c1-13-7-8-18-15(9-13)10-16-17(21)11-19(24)23(20(16)22-18)12-14-5-3-2-4-6-14/h2-11H,12,21H2,1H3. The predicted octanol–water partition coefficient (Wildman–Crippen LogP) is 3.49. The van der Waals surface area contributed by atoms with E-state index in [4.69, 9.17) is 10.7 Å². The van der Waals surface area contributed by atoms with Crippen LogP contribution in [0.15, 0.2) is 65.5 Å². The molecule has 4 aromatic rings. The quantitative estimate of drug-likeness (QED) is 0.576. The third-order valence-electron chi connectivity index (χ3n) is 4.25. The molecular weight excluding hydrogens is 298 g/mol. The van der Waals surface area contributed by atoms with Crippen molar-refractivity contribution in [3.63, 3.8) is 0 Å². The highest BCUT2D eigenvalue weighted by atomic mass is 16.1. The van der Waals surface area contributed by atoms with Crippen LogP contribution < -0.4 is 11.3 Å². The molecule has 0 saturated carbocycles. The molecule has 0 amide bonds. The molecule has 0 spiro atoms. The van der Waals surface area contributed by atoms with Gasteiger partial charge < -0.3 is 5.73 Å². The summed E-state index contributed by atoms with van der Waals surface area (Å²) in [5.74, 6) is 0. The van der Waals surface area contributed by atoms with E-state index >= 15 is 0 Å². The van der Waals surface area contributed by atoms with Gasteiger partial charge in [0.25, 0.3) is 5.56 Å².